The quantitative estimate of drug-likeness (QED) is 0.273. The van der Waals surface area contributed by atoms with Gasteiger partial charge in [0.1, 0.15) is 11.3 Å². The normalized spacial score (nSPS) is 11.5. The van der Waals surface area contributed by atoms with Gasteiger partial charge in [0.05, 0.1) is 16.5 Å². The van der Waals surface area contributed by atoms with E-state index >= 15 is 0 Å². The van der Waals surface area contributed by atoms with Gasteiger partial charge in [-0.1, -0.05) is 48.0 Å². The van der Waals surface area contributed by atoms with Gasteiger partial charge >= 0.3 is 12.1 Å². The number of esters is 1. The van der Waals surface area contributed by atoms with Crippen LogP contribution in [-0.4, -0.2) is 5.97 Å². The highest BCUT2D eigenvalue weighted by atomic mass is 35.5. The Bertz CT molecular complexity index is 1340. The summed E-state index contributed by atoms with van der Waals surface area (Å²) in [5.74, 6) is -2.27. The lowest BCUT2D eigenvalue weighted by Crippen LogP contribution is -2.16. The van der Waals surface area contributed by atoms with E-state index < -0.39 is 28.9 Å². The van der Waals surface area contributed by atoms with E-state index in [-0.39, 0.29) is 27.8 Å². The molecule has 4 nitrogen and oxygen atoms in total. The molecule has 3 aromatic carbocycles. The molecule has 0 atom stereocenters. The van der Waals surface area contributed by atoms with Crippen molar-refractivity contribution in [2.24, 2.45) is 0 Å². The van der Waals surface area contributed by atoms with Crippen LogP contribution in [0.5, 0.6) is 5.75 Å². The summed E-state index contributed by atoms with van der Waals surface area (Å²) in [6.07, 6.45) is -4.91. The largest absolute Gasteiger partial charge is 0.450 e. The summed E-state index contributed by atoms with van der Waals surface area (Å²) in [6.45, 7) is 0. The SMILES string of the molecule is O=C(Oc1ccc2c(=O)c(-c3ccccc3)c(C(F)(F)F)oc2c1)c1cccc(Cl)c1. The Kier molecular flexibility index (Phi) is 5.29. The molecule has 1 aromatic heterocycles. The molecule has 0 bridgehead atoms. The summed E-state index contributed by atoms with van der Waals surface area (Å²) in [5.41, 5.74) is -1.53. The summed E-state index contributed by atoms with van der Waals surface area (Å²) >= 11 is 5.85. The Morgan fingerprint density at radius 1 is 0.935 bits per heavy atom. The van der Waals surface area contributed by atoms with E-state index in [0.717, 1.165) is 6.07 Å². The summed E-state index contributed by atoms with van der Waals surface area (Å²) in [7, 11) is 0. The van der Waals surface area contributed by atoms with Crippen molar-refractivity contribution in [2.75, 3.05) is 0 Å². The lowest BCUT2D eigenvalue weighted by Gasteiger charge is -2.13. The summed E-state index contributed by atoms with van der Waals surface area (Å²) in [4.78, 5) is 25.2. The van der Waals surface area contributed by atoms with Gasteiger partial charge in [0.25, 0.3) is 0 Å². The minimum atomic E-state index is -4.91. The van der Waals surface area contributed by atoms with Crippen molar-refractivity contribution in [3.8, 4) is 16.9 Å². The minimum Gasteiger partial charge on any atom is -0.450 e. The zero-order chi connectivity index (χ0) is 22.2. The molecule has 0 unspecified atom stereocenters. The van der Waals surface area contributed by atoms with E-state index in [2.05, 4.69) is 0 Å². The first kappa shape index (κ1) is 20.7. The number of alkyl halides is 3. The van der Waals surface area contributed by atoms with Crippen LogP contribution in [0.4, 0.5) is 13.2 Å². The Balaban J connectivity index is 1.82. The predicted octanol–water partition coefficient (Wildman–Crippen LogP) is 6.35. The van der Waals surface area contributed by atoms with Crippen LogP contribution in [-0.2, 0) is 6.18 Å². The maximum absolute atomic E-state index is 13.7. The average molecular weight is 445 g/mol. The first-order chi connectivity index (χ1) is 14.7. The Morgan fingerprint density at radius 2 is 1.68 bits per heavy atom. The Labute approximate surface area is 178 Å². The molecule has 0 saturated carbocycles. The zero-order valence-electron chi connectivity index (χ0n) is 15.6. The number of hydrogen-bond donors (Lipinski definition) is 0. The molecule has 0 fully saturated rings. The van der Waals surface area contributed by atoms with Crippen molar-refractivity contribution in [2.45, 2.75) is 6.18 Å². The van der Waals surface area contributed by atoms with Gasteiger partial charge in [-0.15, -0.1) is 0 Å². The Hall–Kier alpha value is -3.58. The molecule has 0 amide bonds. The number of hydrogen-bond acceptors (Lipinski definition) is 4. The second kappa shape index (κ2) is 7.92. The molecular formula is C23H12ClF3O4. The fraction of sp³-hybridized carbons (Fsp3) is 0.0435. The number of fused-ring (bicyclic) bond motifs is 1. The number of carbonyl (C=O) groups excluding carboxylic acids is 1. The summed E-state index contributed by atoms with van der Waals surface area (Å²) in [6, 6.07) is 17.1. The van der Waals surface area contributed by atoms with Crippen molar-refractivity contribution in [1.82, 2.24) is 0 Å². The van der Waals surface area contributed by atoms with Gasteiger partial charge in [-0.3, -0.25) is 4.79 Å². The molecule has 0 aliphatic rings. The molecule has 4 aromatic rings. The molecule has 156 valence electrons. The molecule has 1 heterocycles. The highest BCUT2D eigenvalue weighted by Crippen LogP contribution is 2.37. The Morgan fingerprint density at radius 3 is 2.35 bits per heavy atom. The van der Waals surface area contributed by atoms with Crippen LogP contribution in [0, 0.1) is 0 Å². The lowest BCUT2D eigenvalue weighted by atomic mass is 10.0. The van der Waals surface area contributed by atoms with Gasteiger partial charge in [0.2, 0.25) is 11.2 Å². The molecular weight excluding hydrogens is 433 g/mol. The van der Waals surface area contributed by atoms with Crippen LogP contribution in [0.3, 0.4) is 0 Å². The number of halogens is 4. The van der Waals surface area contributed by atoms with Crippen LogP contribution in [0.1, 0.15) is 16.1 Å². The first-order valence-corrected chi connectivity index (χ1v) is 9.33. The number of carbonyl (C=O) groups is 1. The van der Waals surface area contributed by atoms with E-state index in [1.165, 1.54) is 48.5 Å². The topological polar surface area (TPSA) is 56.5 Å². The van der Waals surface area contributed by atoms with Gasteiger partial charge < -0.3 is 9.15 Å². The molecule has 0 N–H and O–H groups in total. The van der Waals surface area contributed by atoms with Crippen molar-refractivity contribution in [3.05, 3.63) is 99.4 Å². The lowest BCUT2D eigenvalue weighted by molar-refractivity contribution is -0.152. The third-order valence-corrected chi connectivity index (χ3v) is 4.69. The van der Waals surface area contributed by atoms with Crippen molar-refractivity contribution in [3.63, 3.8) is 0 Å². The fourth-order valence-corrected chi connectivity index (χ4v) is 3.28. The monoisotopic (exact) mass is 444 g/mol. The maximum atomic E-state index is 13.7. The van der Waals surface area contributed by atoms with Crippen molar-refractivity contribution in [1.29, 1.82) is 0 Å². The maximum Gasteiger partial charge on any atom is 0.450 e. The number of ether oxygens (including phenoxy) is 1. The molecule has 4 rings (SSSR count). The highest BCUT2D eigenvalue weighted by molar-refractivity contribution is 6.30. The van der Waals surface area contributed by atoms with Crippen LogP contribution in [0.15, 0.2) is 82.0 Å². The minimum absolute atomic E-state index is 0.0746. The van der Waals surface area contributed by atoms with Crippen molar-refractivity contribution >= 4 is 28.5 Å². The van der Waals surface area contributed by atoms with E-state index in [1.807, 2.05) is 0 Å². The molecule has 0 saturated heterocycles. The van der Waals surface area contributed by atoms with Gasteiger partial charge in [0.15, 0.2) is 0 Å². The molecule has 0 aliphatic heterocycles. The second-order valence-corrected chi connectivity index (χ2v) is 6.99. The number of benzene rings is 3. The number of rotatable bonds is 3. The second-order valence-electron chi connectivity index (χ2n) is 6.56. The third-order valence-electron chi connectivity index (χ3n) is 4.45. The van der Waals surface area contributed by atoms with Gasteiger partial charge in [-0.2, -0.15) is 13.2 Å². The average Bonchev–Trinajstić information content (AvgIpc) is 2.73. The third kappa shape index (κ3) is 4.18. The molecule has 0 spiro atoms. The van der Waals surface area contributed by atoms with E-state index in [0.29, 0.717) is 5.02 Å². The van der Waals surface area contributed by atoms with Crippen LogP contribution in [0.25, 0.3) is 22.1 Å². The van der Waals surface area contributed by atoms with Gasteiger partial charge in [0, 0.05) is 11.1 Å². The molecule has 8 heteroatoms. The van der Waals surface area contributed by atoms with E-state index in [9.17, 15) is 22.8 Å². The van der Waals surface area contributed by atoms with Crippen LogP contribution in [0.2, 0.25) is 5.02 Å². The summed E-state index contributed by atoms with van der Waals surface area (Å²) in [5, 5.41) is 0.247. The molecule has 0 aliphatic carbocycles. The standard InChI is InChI=1S/C23H12ClF3O4/c24-15-8-4-7-14(11-15)22(29)30-16-9-10-17-18(12-16)31-21(23(25,26)27)19(20(17)28)13-5-2-1-3-6-13/h1-12H. The smallest absolute Gasteiger partial charge is 0.450 e. The van der Waals surface area contributed by atoms with Crippen LogP contribution >= 0.6 is 11.6 Å². The fourth-order valence-electron chi connectivity index (χ4n) is 3.08. The predicted molar refractivity (Wildman–Crippen MR) is 109 cm³/mol. The molecule has 0 radical (unpaired) electrons. The highest BCUT2D eigenvalue weighted by Gasteiger charge is 2.39. The molecule has 31 heavy (non-hydrogen) atoms. The van der Waals surface area contributed by atoms with E-state index in [4.69, 9.17) is 20.8 Å². The van der Waals surface area contributed by atoms with Crippen molar-refractivity contribution < 1.29 is 27.1 Å². The zero-order valence-corrected chi connectivity index (χ0v) is 16.3. The van der Waals surface area contributed by atoms with Crippen LogP contribution < -0.4 is 10.2 Å². The van der Waals surface area contributed by atoms with Gasteiger partial charge in [-0.05, 0) is 35.9 Å². The van der Waals surface area contributed by atoms with Gasteiger partial charge in [-0.25, -0.2) is 4.79 Å². The van der Waals surface area contributed by atoms with E-state index in [1.54, 1.807) is 18.2 Å². The summed E-state index contributed by atoms with van der Waals surface area (Å²) < 4.78 is 51.3. The first-order valence-electron chi connectivity index (χ1n) is 8.95.